The number of unbranched alkanes of at least 4 members (excludes halogenated alkanes) is 1. The van der Waals surface area contributed by atoms with Crippen LogP contribution in [0.25, 0.3) is 5.82 Å². The van der Waals surface area contributed by atoms with Crippen LogP contribution in [-0.4, -0.2) is 27.3 Å². The molecule has 0 fully saturated rings. The van der Waals surface area contributed by atoms with E-state index in [0.717, 1.165) is 42.2 Å². The molecule has 2 aromatic heterocycles. The summed E-state index contributed by atoms with van der Waals surface area (Å²) >= 11 is 0. The van der Waals surface area contributed by atoms with E-state index < -0.39 is 0 Å². The number of pyridine rings is 1. The molecule has 2 aromatic rings. The number of hydrogen-bond acceptors (Lipinski definition) is 3. The summed E-state index contributed by atoms with van der Waals surface area (Å²) in [7, 11) is 0. The van der Waals surface area contributed by atoms with Gasteiger partial charge < -0.3 is 11.1 Å². The molecule has 22 heavy (non-hydrogen) atoms. The van der Waals surface area contributed by atoms with Crippen LogP contribution in [0.1, 0.15) is 36.7 Å². The average molecular weight is 300 g/mol. The molecule has 6 heteroatoms. The van der Waals surface area contributed by atoms with Crippen LogP contribution in [0.5, 0.6) is 0 Å². The number of nitrogens with zero attached hydrogens (tertiary/aromatic N) is 4. The van der Waals surface area contributed by atoms with E-state index in [0.29, 0.717) is 12.5 Å². The molecule has 118 valence electrons. The number of nitrogens with one attached hydrogen (secondary N) is 1. The molecule has 0 spiro atoms. The molecule has 0 atom stereocenters. The number of hydrogen-bond donors (Lipinski definition) is 2. The lowest BCUT2D eigenvalue weighted by Crippen LogP contribution is -2.32. The zero-order chi connectivity index (χ0) is 15.9. The number of nitrogens with two attached hydrogens (primary N) is 1. The minimum atomic E-state index is 0.482. The summed E-state index contributed by atoms with van der Waals surface area (Å²) in [6.07, 6.45) is 4.04. The second-order valence-electron chi connectivity index (χ2n) is 5.35. The van der Waals surface area contributed by atoms with E-state index in [-0.39, 0.29) is 0 Å². The molecule has 0 bridgehead atoms. The Hall–Kier alpha value is -2.37. The fourth-order valence-electron chi connectivity index (χ4n) is 2.12. The van der Waals surface area contributed by atoms with Crippen molar-refractivity contribution in [3.8, 4) is 5.82 Å². The van der Waals surface area contributed by atoms with E-state index in [2.05, 4.69) is 27.3 Å². The molecule has 0 aliphatic heterocycles. The highest BCUT2D eigenvalue weighted by atomic mass is 15.3. The molecule has 6 nitrogen and oxygen atoms in total. The van der Waals surface area contributed by atoms with Crippen molar-refractivity contribution in [3.63, 3.8) is 0 Å². The molecule has 2 rings (SSSR count). The van der Waals surface area contributed by atoms with E-state index in [1.54, 1.807) is 0 Å². The van der Waals surface area contributed by atoms with Crippen LogP contribution < -0.4 is 11.1 Å². The minimum Gasteiger partial charge on any atom is -0.370 e. The molecule has 0 saturated heterocycles. The van der Waals surface area contributed by atoms with Crippen LogP contribution in [0, 0.1) is 13.8 Å². The predicted octanol–water partition coefficient (Wildman–Crippen LogP) is 2.09. The number of aromatic nitrogens is 3. The van der Waals surface area contributed by atoms with E-state index in [1.165, 1.54) is 0 Å². The Morgan fingerprint density at radius 3 is 2.77 bits per heavy atom. The maximum atomic E-state index is 5.81. The van der Waals surface area contributed by atoms with Gasteiger partial charge in [-0.2, -0.15) is 5.10 Å². The summed E-state index contributed by atoms with van der Waals surface area (Å²) in [4.78, 5) is 8.76. The zero-order valence-electron chi connectivity index (χ0n) is 13.5. The van der Waals surface area contributed by atoms with Gasteiger partial charge >= 0.3 is 0 Å². The summed E-state index contributed by atoms with van der Waals surface area (Å²) in [5, 5.41) is 7.52. The quantitative estimate of drug-likeness (QED) is 0.486. The Kier molecular flexibility index (Phi) is 5.52. The number of rotatable bonds is 6. The monoisotopic (exact) mass is 300 g/mol. The highest BCUT2D eigenvalue weighted by molar-refractivity contribution is 5.77. The first-order valence-corrected chi connectivity index (χ1v) is 7.62. The smallest absolute Gasteiger partial charge is 0.188 e. The Morgan fingerprint density at radius 1 is 1.36 bits per heavy atom. The average Bonchev–Trinajstić information content (AvgIpc) is 2.85. The van der Waals surface area contributed by atoms with Crippen molar-refractivity contribution >= 4 is 5.96 Å². The molecule has 2 heterocycles. The van der Waals surface area contributed by atoms with Crippen LogP contribution >= 0.6 is 0 Å². The maximum Gasteiger partial charge on any atom is 0.188 e. The van der Waals surface area contributed by atoms with E-state index in [4.69, 9.17) is 5.73 Å². The fraction of sp³-hybridized carbons (Fsp3) is 0.438. The fourth-order valence-corrected chi connectivity index (χ4v) is 2.12. The number of aliphatic imine (C=N–C) groups is 1. The third kappa shape index (κ3) is 4.31. The second kappa shape index (κ2) is 7.59. The van der Waals surface area contributed by atoms with Gasteiger partial charge in [0.25, 0.3) is 0 Å². The molecule has 0 unspecified atom stereocenters. The lowest BCUT2D eigenvalue weighted by atomic mass is 10.3. The summed E-state index contributed by atoms with van der Waals surface area (Å²) in [6.45, 7) is 7.52. The van der Waals surface area contributed by atoms with Crippen LogP contribution in [0.4, 0.5) is 0 Å². The minimum absolute atomic E-state index is 0.482. The largest absolute Gasteiger partial charge is 0.370 e. The lowest BCUT2D eigenvalue weighted by molar-refractivity contribution is 0.748. The topological polar surface area (TPSA) is 81.1 Å². The van der Waals surface area contributed by atoms with Gasteiger partial charge in [-0.15, -0.1) is 0 Å². The molecule has 0 aromatic carbocycles. The predicted molar refractivity (Wildman–Crippen MR) is 89.1 cm³/mol. The second-order valence-corrected chi connectivity index (χ2v) is 5.35. The highest BCUT2D eigenvalue weighted by Gasteiger charge is 2.04. The van der Waals surface area contributed by atoms with Crippen LogP contribution in [0.2, 0.25) is 0 Å². The van der Waals surface area contributed by atoms with Gasteiger partial charge in [0.05, 0.1) is 12.2 Å². The van der Waals surface area contributed by atoms with Crippen LogP contribution in [-0.2, 0) is 6.54 Å². The first-order chi connectivity index (χ1) is 10.6. The van der Waals surface area contributed by atoms with Gasteiger partial charge in [0, 0.05) is 18.4 Å². The number of guanidine groups is 1. The normalized spacial score (nSPS) is 11.7. The standard InChI is InChI=1S/C16H24N6/c1-4-5-8-18-16(17)20-11-14-6-7-15(19-10-14)22-13(3)9-12(2)21-22/h6-7,9-10H,4-5,8,11H2,1-3H3,(H3,17,18,20). The van der Waals surface area contributed by atoms with Gasteiger partial charge in [-0.25, -0.2) is 14.7 Å². The van der Waals surface area contributed by atoms with Crippen LogP contribution in [0.15, 0.2) is 29.4 Å². The number of aryl methyl sites for hydroxylation is 2. The first kappa shape index (κ1) is 16.0. The van der Waals surface area contributed by atoms with Gasteiger partial charge in [-0.3, -0.25) is 0 Å². The van der Waals surface area contributed by atoms with E-state index >= 15 is 0 Å². The van der Waals surface area contributed by atoms with E-state index in [1.807, 2.05) is 42.9 Å². The molecule has 0 amide bonds. The molecule has 0 radical (unpaired) electrons. The highest BCUT2D eigenvalue weighted by Crippen LogP contribution is 2.10. The molecule has 0 aliphatic carbocycles. The van der Waals surface area contributed by atoms with Gasteiger partial charge in [-0.05, 0) is 38.0 Å². The Morgan fingerprint density at radius 2 is 2.18 bits per heavy atom. The molecule has 0 saturated carbocycles. The molecule has 3 N–H and O–H groups in total. The van der Waals surface area contributed by atoms with Crippen molar-refractivity contribution < 1.29 is 0 Å². The van der Waals surface area contributed by atoms with Gasteiger partial charge in [0.15, 0.2) is 11.8 Å². The molecular weight excluding hydrogens is 276 g/mol. The van der Waals surface area contributed by atoms with Crippen molar-refractivity contribution in [3.05, 3.63) is 41.3 Å². The van der Waals surface area contributed by atoms with Gasteiger partial charge in [0.2, 0.25) is 0 Å². The van der Waals surface area contributed by atoms with Gasteiger partial charge in [-0.1, -0.05) is 19.4 Å². The third-order valence-electron chi connectivity index (χ3n) is 3.30. The molecule has 0 aliphatic rings. The Bertz CT molecular complexity index is 627. The van der Waals surface area contributed by atoms with Crippen molar-refractivity contribution in [1.82, 2.24) is 20.1 Å². The summed E-state index contributed by atoms with van der Waals surface area (Å²) in [6, 6.07) is 5.98. The van der Waals surface area contributed by atoms with Crippen molar-refractivity contribution in [2.45, 2.75) is 40.2 Å². The SMILES string of the molecule is CCCCNC(N)=NCc1ccc(-n2nc(C)cc2C)nc1. The lowest BCUT2D eigenvalue weighted by Gasteiger charge is -2.06. The Labute approximate surface area is 131 Å². The molecular formula is C16H24N6. The van der Waals surface area contributed by atoms with E-state index in [9.17, 15) is 0 Å². The van der Waals surface area contributed by atoms with Crippen molar-refractivity contribution in [2.24, 2.45) is 10.7 Å². The summed E-state index contributed by atoms with van der Waals surface area (Å²) < 4.78 is 1.84. The maximum absolute atomic E-state index is 5.81. The summed E-state index contributed by atoms with van der Waals surface area (Å²) in [5.74, 6) is 1.29. The summed E-state index contributed by atoms with van der Waals surface area (Å²) in [5.41, 5.74) is 8.88. The first-order valence-electron chi connectivity index (χ1n) is 7.62. The Balaban J connectivity index is 1.97. The zero-order valence-corrected chi connectivity index (χ0v) is 13.5. The van der Waals surface area contributed by atoms with Crippen LogP contribution in [0.3, 0.4) is 0 Å². The van der Waals surface area contributed by atoms with Crippen molar-refractivity contribution in [2.75, 3.05) is 6.54 Å². The van der Waals surface area contributed by atoms with Crippen molar-refractivity contribution in [1.29, 1.82) is 0 Å². The third-order valence-corrected chi connectivity index (χ3v) is 3.30. The van der Waals surface area contributed by atoms with Gasteiger partial charge in [0.1, 0.15) is 0 Å².